The van der Waals surface area contributed by atoms with Crippen LogP contribution < -0.4 is 9.21 Å². The molecular weight excluding hydrogens is 472 g/mol. The Hall–Kier alpha value is -3.62. The van der Waals surface area contributed by atoms with Crippen LogP contribution in [-0.4, -0.2) is 30.9 Å². The highest BCUT2D eigenvalue weighted by Crippen LogP contribution is 2.31. The van der Waals surface area contributed by atoms with Crippen molar-refractivity contribution in [3.63, 3.8) is 0 Å². The van der Waals surface area contributed by atoms with Crippen LogP contribution >= 0.6 is 11.6 Å². The van der Waals surface area contributed by atoms with Crippen molar-refractivity contribution in [1.29, 1.82) is 0 Å². The van der Waals surface area contributed by atoms with Crippen molar-refractivity contribution < 1.29 is 13.2 Å². The van der Waals surface area contributed by atoms with E-state index in [-0.39, 0.29) is 6.54 Å². The predicted molar refractivity (Wildman–Crippen MR) is 136 cm³/mol. The molecule has 1 amide bonds. The van der Waals surface area contributed by atoms with Crippen molar-refractivity contribution in [2.24, 2.45) is 7.05 Å². The molecule has 0 radical (unpaired) electrons. The fourth-order valence-corrected chi connectivity index (χ4v) is 4.71. The lowest BCUT2D eigenvalue weighted by Crippen LogP contribution is -2.29. The molecule has 0 aliphatic carbocycles. The number of carbonyl (C=O) groups excluding carboxylic acids is 1. The zero-order valence-electron chi connectivity index (χ0n) is 18.7. The quantitative estimate of drug-likeness (QED) is 0.323. The minimum atomic E-state index is -3.58. The average molecular weight is 495 g/mol. The molecule has 0 atom stereocenters. The molecule has 0 saturated heterocycles. The first-order valence-corrected chi connectivity index (χ1v) is 12.7. The van der Waals surface area contributed by atoms with Crippen molar-refractivity contribution in [3.8, 4) is 11.3 Å². The maximum Gasteiger partial charge on any atom is 0.232 e. The van der Waals surface area contributed by atoms with Crippen LogP contribution in [-0.2, 0) is 28.4 Å². The third kappa shape index (κ3) is 4.98. The van der Waals surface area contributed by atoms with E-state index in [0.717, 1.165) is 17.5 Å². The first kappa shape index (κ1) is 23.5. The van der Waals surface area contributed by atoms with Crippen molar-refractivity contribution in [1.82, 2.24) is 9.78 Å². The maximum atomic E-state index is 12.5. The molecule has 4 rings (SSSR count). The van der Waals surface area contributed by atoms with Crippen LogP contribution in [0.1, 0.15) is 5.56 Å². The van der Waals surface area contributed by atoms with Crippen molar-refractivity contribution in [2.45, 2.75) is 6.54 Å². The summed E-state index contributed by atoms with van der Waals surface area (Å²) in [4.78, 5) is 13.5. The zero-order chi connectivity index (χ0) is 24.3. The number of carbonyl (C=O) groups is 1. The highest BCUT2D eigenvalue weighted by atomic mass is 35.5. The molecule has 0 aliphatic heterocycles. The highest BCUT2D eigenvalue weighted by molar-refractivity contribution is 7.92. The van der Waals surface area contributed by atoms with Gasteiger partial charge >= 0.3 is 0 Å². The molecule has 0 N–H and O–H groups in total. The van der Waals surface area contributed by atoms with E-state index in [9.17, 15) is 13.2 Å². The molecule has 0 aliphatic rings. The van der Waals surface area contributed by atoms with Crippen molar-refractivity contribution >= 4 is 45.2 Å². The average Bonchev–Trinajstić information content (AvgIpc) is 3.21. The van der Waals surface area contributed by atoms with Crippen LogP contribution in [0.2, 0.25) is 5.02 Å². The van der Waals surface area contributed by atoms with Gasteiger partial charge in [0.1, 0.15) is 5.82 Å². The van der Waals surface area contributed by atoms with Crippen LogP contribution in [0.15, 0.2) is 84.9 Å². The summed E-state index contributed by atoms with van der Waals surface area (Å²) in [6, 6.07) is 25.4. The van der Waals surface area contributed by atoms with E-state index in [1.54, 1.807) is 54.2 Å². The molecule has 0 fully saturated rings. The number of amides is 1. The summed E-state index contributed by atoms with van der Waals surface area (Å²) in [5, 5.41) is 5.02. The van der Waals surface area contributed by atoms with Gasteiger partial charge < -0.3 is 0 Å². The van der Waals surface area contributed by atoms with Crippen LogP contribution in [0, 0.1) is 0 Å². The smallest absolute Gasteiger partial charge is 0.232 e. The standard InChI is InChI=1S/C25H23ClN4O3S/c1-28-25(16-24(27-28)19-8-4-3-5-9-19)29(18-31)21-12-14-22(15-13-21)30(34(2,32)33)17-20-10-6-7-11-23(20)26/h3-16,18H,17H2,1-2H3. The number of hydrogen-bond acceptors (Lipinski definition) is 4. The summed E-state index contributed by atoms with van der Waals surface area (Å²) in [6.07, 6.45) is 1.86. The molecule has 0 spiro atoms. The topological polar surface area (TPSA) is 75.5 Å². The van der Waals surface area contributed by atoms with Gasteiger partial charge in [-0.05, 0) is 35.9 Å². The maximum absolute atomic E-state index is 12.5. The van der Waals surface area contributed by atoms with E-state index in [1.165, 1.54) is 9.21 Å². The molecule has 34 heavy (non-hydrogen) atoms. The van der Waals surface area contributed by atoms with Crippen LogP contribution in [0.25, 0.3) is 11.3 Å². The van der Waals surface area contributed by atoms with Gasteiger partial charge in [-0.2, -0.15) is 5.10 Å². The van der Waals surface area contributed by atoms with Gasteiger partial charge in [0, 0.05) is 23.7 Å². The number of rotatable bonds is 8. The molecule has 9 heteroatoms. The Morgan fingerprint density at radius 3 is 2.18 bits per heavy atom. The first-order chi connectivity index (χ1) is 16.3. The summed E-state index contributed by atoms with van der Waals surface area (Å²) >= 11 is 6.25. The fourth-order valence-electron chi connectivity index (χ4n) is 3.64. The summed E-state index contributed by atoms with van der Waals surface area (Å²) in [5.41, 5.74) is 3.41. The van der Waals surface area contributed by atoms with Crippen molar-refractivity contribution in [3.05, 3.63) is 95.5 Å². The Morgan fingerprint density at radius 1 is 0.941 bits per heavy atom. The van der Waals surface area contributed by atoms with Crippen LogP contribution in [0.5, 0.6) is 0 Å². The summed E-state index contributed by atoms with van der Waals surface area (Å²) in [7, 11) is -1.81. The Labute approximate surface area is 203 Å². The fraction of sp³-hybridized carbons (Fsp3) is 0.120. The summed E-state index contributed by atoms with van der Waals surface area (Å²) < 4.78 is 28.0. The minimum absolute atomic E-state index is 0.0947. The van der Waals surface area contributed by atoms with Crippen molar-refractivity contribution in [2.75, 3.05) is 15.5 Å². The Balaban J connectivity index is 1.65. The van der Waals surface area contributed by atoms with E-state index >= 15 is 0 Å². The largest absolute Gasteiger partial charge is 0.278 e. The SMILES string of the molecule is Cn1nc(-c2ccccc2)cc1N(C=O)c1ccc(N(Cc2ccccc2Cl)S(C)(=O)=O)cc1. The third-order valence-electron chi connectivity index (χ3n) is 5.36. The second-order valence-electron chi connectivity index (χ2n) is 7.73. The Morgan fingerprint density at radius 2 is 1.56 bits per heavy atom. The van der Waals surface area contributed by atoms with Crippen LogP contribution in [0.4, 0.5) is 17.2 Å². The number of aromatic nitrogens is 2. The number of anilines is 3. The second-order valence-corrected chi connectivity index (χ2v) is 10.0. The van der Waals surface area contributed by atoms with Gasteiger partial charge in [0.25, 0.3) is 0 Å². The lowest BCUT2D eigenvalue weighted by molar-refractivity contribution is -0.106. The van der Waals surface area contributed by atoms with E-state index in [4.69, 9.17) is 11.6 Å². The second kappa shape index (κ2) is 9.70. The first-order valence-electron chi connectivity index (χ1n) is 10.4. The molecule has 0 saturated carbocycles. The number of sulfonamides is 1. The monoisotopic (exact) mass is 494 g/mol. The van der Waals surface area contributed by atoms with Gasteiger partial charge in [-0.25, -0.2) is 8.42 Å². The third-order valence-corrected chi connectivity index (χ3v) is 6.87. The molecule has 4 aromatic rings. The van der Waals surface area contributed by atoms with E-state index in [0.29, 0.717) is 34.2 Å². The number of halogens is 1. The molecule has 1 heterocycles. The van der Waals surface area contributed by atoms with E-state index in [2.05, 4.69) is 5.10 Å². The normalized spacial score (nSPS) is 11.3. The zero-order valence-corrected chi connectivity index (χ0v) is 20.2. The minimum Gasteiger partial charge on any atom is -0.278 e. The van der Waals surface area contributed by atoms with E-state index in [1.807, 2.05) is 42.5 Å². The molecule has 3 aromatic carbocycles. The Bertz CT molecular complexity index is 1400. The van der Waals surface area contributed by atoms with Gasteiger partial charge in [-0.3, -0.25) is 18.7 Å². The molecule has 1 aromatic heterocycles. The highest BCUT2D eigenvalue weighted by Gasteiger charge is 2.20. The molecule has 0 unspecified atom stereocenters. The molecule has 0 bridgehead atoms. The molecule has 7 nitrogen and oxygen atoms in total. The van der Waals surface area contributed by atoms with E-state index < -0.39 is 10.0 Å². The number of hydrogen-bond donors (Lipinski definition) is 0. The summed E-state index contributed by atoms with van der Waals surface area (Å²) in [5.74, 6) is 0.581. The number of nitrogens with zero attached hydrogens (tertiary/aromatic N) is 4. The lowest BCUT2D eigenvalue weighted by atomic mass is 10.1. The van der Waals surface area contributed by atoms with Gasteiger partial charge in [0.2, 0.25) is 16.4 Å². The van der Waals surface area contributed by atoms with Gasteiger partial charge in [0.15, 0.2) is 0 Å². The van der Waals surface area contributed by atoms with Crippen LogP contribution in [0.3, 0.4) is 0 Å². The predicted octanol–water partition coefficient (Wildman–Crippen LogP) is 5.00. The van der Waals surface area contributed by atoms with Gasteiger partial charge in [0.05, 0.1) is 29.9 Å². The molecule has 174 valence electrons. The number of benzene rings is 3. The van der Waals surface area contributed by atoms with Gasteiger partial charge in [-0.1, -0.05) is 60.1 Å². The number of aryl methyl sites for hydroxylation is 1. The molecular formula is C25H23ClN4O3S. The lowest BCUT2D eigenvalue weighted by Gasteiger charge is -2.24. The Kier molecular flexibility index (Phi) is 6.72. The van der Waals surface area contributed by atoms with Gasteiger partial charge in [-0.15, -0.1) is 0 Å². The summed E-state index contributed by atoms with van der Waals surface area (Å²) in [6.45, 7) is 0.0947.